The molecule has 5 heteroatoms. The normalized spacial score (nSPS) is 45.5. The van der Waals surface area contributed by atoms with Gasteiger partial charge in [-0.3, -0.25) is 0 Å². The Morgan fingerprint density at radius 2 is 1.59 bits per heavy atom. The highest BCUT2D eigenvalue weighted by Crippen LogP contribution is 2.68. The van der Waals surface area contributed by atoms with Crippen molar-refractivity contribution in [2.75, 3.05) is 0 Å². The van der Waals surface area contributed by atoms with Crippen LogP contribution in [-0.2, 0) is 8.85 Å². The Hall–Kier alpha value is 0.0538. The molecule has 1 unspecified atom stereocenters. The molecule has 0 amide bonds. The number of fused-ring (bicyclic) bond motifs is 5. The van der Waals surface area contributed by atoms with Gasteiger partial charge in [0.2, 0.25) is 0 Å². The molecule has 3 nitrogen and oxygen atoms in total. The minimum atomic E-state index is -1.70. The van der Waals surface area contributed by atoms with Gasteiger partial charge in [-0.1, -0.05) is 25.5 Å². The third-order valence-corrected chi connectivity index (χ3v) is 12.1. The molecule has 0 aromatic rings. The summed E-state index contributed by atoms with van der Waals surface area (Å²) < 4.78 is 13.0. The molecule has 3 fully saturated rings. The molecule has 4 aliphatic carbocycles. The van der Waals surface area contributed by atoms with Gasteiger partial charge in [0.15, 0.2) is 16.6 Å². The zero-order valence-electron chi connectivity index (χ0n) is 22.4. The van der Waals surface area contributed by atoms with Gasteiger partial charge >= 0.3 is 0 Å². The van der Waals surface area contributed by atoms with Crippen LogP contribution in [0.5, 0.6) is 0 Å². The highest BCUT2D eigenvalue weighted by molar-refractivity contribution is 6.70. The summed E-state index contributed by atoms with van der Waals surface area (Å²) in [6, 6.07) is 0. The van der Waals surface area contributed by atoms with Crippen LogP contribution in [0, 0.1) is 28.6 Å². The second-order valence-electron chi connectivity index (χ2n) is 14.1. The Morgan fingerprint density at radius 3 is 2.22 bits per heavy atom. The van der Waals surface area contributed by atoms with E-state index in [1.54, 1.807) is 5.57 Å². The zero-order valence-corrected chi connectivity index (χ0v) is 24.4. The fourth-order valence-electron chi connectivity index (χ4n) is 8.57. The summed E-state index contributed by atoms with van der Waals surface area (Å²) >= 11 is 0. The third kappa shape index (κ3) is 4.16. The van der Waals surface area contributed by atoms with E-state index in [1.807, 2.05) is 0 Å². The maximum Gasteiger partial charge on any atom is 0.184 e. The van der Waals surface area contributed by atoms with E-state index in [1.165, 1.54) is 25.7 Å². The third-order valence-electron chi connectivity index (χ3n) is 10.00. The molecule has 184 valence electrons. The van der Waals surface area contributed by atoms with Crippen LogP contribution in [0.15, 0.2) is 11.6 Å². The lowest BCUT2D eigenvalue weighted by Crippen LogP contribution is -2.59. The van der Waals surface area contributed by atoms with Crippen molar-refractivity contribution in [2.45, 2.75) is 129 Å². The van der Waals surface area contributed by atoms with E-state index >= 15 is 0 Å². The number of hydrogen-bond acceptors (Lipinski definition) is 3. The van der Waals surface area contributed by atoms with Crippen molar-refractivity contribution in [3.8, 4) is 0 Å². The Kier molecular flexibility index (Phi) is 6.32. The molecule has 8 atom stereocenters. The molecule has 4 aliphatic rings. The summed E-state index contributed by atoms with van der Waals surface area (Å²) in [4.78, 5) is 0. The van der Waals surface area contributed by atoms with Crippen LogP contribution in [0.3, 0.4) is 0 Å². The van der Waals surface area contributed by atoms with Crippen molar-refractivity contribution in [3.05, 3.63) is 11.6 Å². The lowest BCUT2D eigenvalue weighted by molar-refractivity contribution is -0.165. The van der Waals surface area contributed by atoms with Gasteiger partial charge in [-0.2, -0.15) is 0 Å². The molecule has 3 saturated carbocycles. The Balaban J connectivity index is 1.56. The van der Waals surface area contributed by atoms with Crippen LogP contribution < -0.4 is 0 Å². The minimum Gasteiger partial charge on any atom is -0.414 e. The van der Waals surface area contributed by atoms with Gasteiger partial charge < -0.3 is 14.0 Å². The van der Waals surface area contributed by atoms with Gasteiger partial charge in [-0.25, -0.2) is 0 Å². The highest BCUT2D eigenvalue weighted by atomic mass is 28.4. The molecular formula is C27H50O3Si2. The summed E-state index contributed by atoms with van der Waals surface area (Å²) in [6.45, 7) is 20.8. The number of allylic oxidation sites excluding steroid dienone is 1. The van der Waals surface area contributed by atoms with E-state index in [-0.39, 0.29) is 11.5 Å². The average molecular weight is 479 g/mol. The monoisotopic (exact) mass is 478 g/mol. The molecule has 1 N–H and O–H groups in total. The van der Waals surface area contributed by atoms with Crippen molar-refractivity contribution in [1.29, 1.82) is 0 Å². The lowest BCUT2D eigenvalue weighted by Gasteiger charge is -2.60. The van der Waals surface area contributed by atoms with Gasteiger partial charge in [0.05, 0.1) is 11.7 Å². The van der Waals surface area contributed by atoms with Gasteiger partial charge in [0.25, 0.3) is 0 Å². The zero-order chi connectivity index (χ0) is 23.7. The van der Waals surface area contributed by atoms with Crippen LogP contribution in [-0.4, -0.2) is 39.6 Å². The Morgan fingerprint density at radius 1 is 0.938 bits per heavy atom. The predicted molar refractivity (Wildman–Crippen MR) is 139 cm³/mol. The van der Waals surface area contributed by atoms with E-state index in [4.69, 9.17) is 8.85 Å². The van der Waals surface area contributed by atoms with Crippen LogP contribution in [0.4, 0.5) is 0 Å². The van der Waals surface area contributed by atoms with E-state index in [0.29, 0.717) is 23.4 Å². The smallest absolute Gasteiger partial charge is 0.184 e. The van der Waals surface area contributed by atoms with Crippen molar-refractivity contribution in [1.82, 2.24) is 0 Å². The van der Waals surface area contributed by atoms with E-state index in [9.17, 15) is 5.11 Å². The maximum absolute atomic E-state index is 12.1. The van der Waals surface area contributed by atoms with E-state index < -0.39 is 22.2 Å². The molecule has 0 radical (unpaired) electrons. The molecule has 0 aliphatic heterocycles. The highest BCUT2D eigenvalue weighted by Gasteiger charge is 2.65. The minimum absolute atomic E-state index is 0.0207. The van der Waals surface area contributed by atoms with Crippen LogP contribution in [0.1, 0.15) is 72.1 Å². The maximum atomic E-state index is 12.1. The van der Waals surface area contributed by atoms with Gasteiger partial charge in [0.1, 0.15) is 0 Å². The average Bonchev–Trinajstić information content (AvgIpc) is 2.92. The molecule has 0 heterocycles. The van der Waals surface area contributed by atoms with E-state index in [2.05, 4.69) is 66.1 Å². The number of rotatable bonds is 5. The largest absolute Gasteiger partial charge is 0.414 e. The number of aliphatic hydroxyl groups is 1. The quantitative estimate of drug-likeness (QED) is 0.337. The first-order chi connectivity index (χ1) is 14.6. The molecular weight excluding hydrogens is 428 g/mol. The molecule has 0 saturated heterocycles. The second-order valence-corrected chi connectivity index (χ2v) is 23.1. The predicted octanol–water partition coefficient (Wildman–Crippen LogP) is 7.14. The van der Waals surface area contributed by atoms with E-state index in [0.717, 1.165) is 31.6 Å². The standard InChI is InChI=1S/C27H50O3Si2/c1-19(29-31(4,5)6)27(28)17-14-24-22-11-10-20-18-21(30-32(7,8)9)12-15-25(20,2)23(22)13-16-26(24,27)3/h10,19,21-24,28H,11-18H2,1-9H3/t19?,21-,22+,23-,24-,25-,26-,27+/m0/s1. The summed E-state index contributed by atoms with van der Waals surface area (Å²) in [5.74, 6) is 2.10. The molecule has 0 bridgehead atoms. The molecule has 32 heavy (non-hydrogen) atoms. The van der Waals surface area contributed by atoms with Crippen molar-refractivity contribution < 1.29 is 14.0 Å². The topological polar surface area (TPSA) is 38.7 Å². The first-order valence-electron chi connectivity index (χ1n) is 13.4. The lowest BCUT2D eigenvalue weighted by atomic mass is 9.46. The first-order valence-corrected chi connectivity index (χ1v) is 20.2. The molecule has 0 aromatic carbocycles. The Labute approximate surface area is 200 Å². The van der Waals surface area contributed by atoms with Crippen LogP contribution in [0.25, 0.3) is 0 Å². The summed E-state index contributed by atoms with van der Waals surface area (Å²) in [6.07, 6.45) is 12.3. The molecule has 0 aromatic heterocycles. The van der Waals surface area contributed by atoms with Crippen LogP contribution >= 0.6 is 0 Å². The fraction of sp³-hybridized carbons (Fsp3) is 0.926. The first kappa shape index (κ1) is 25.2. The fourth-order valence-corrected chi connectivity index (χ4v) is 11.0. The van der Waals surface area contributed by atoms with Gasteiger partial charge in [0, 0.05) is 11.5 Å². The summed E-state index contributed by atoms with van der Waals surface area (Å²) in [5.41, 5.74) is 1.33. The summed E-state index contributed by atoms with van der Waals surface area (Å²) in [7, 11) is -3.19. The van der Waals surface area contributed by atoms with Gasteiger partial charge in [-0.05, 0) is 121 Å². The number of hydrogen-bond donors (Lipinski definition) is 1. The molecule has 0 spiro atoms. The summed E-state index contributed by atoms with van der Waals surface area (Å²) in [5, 5.41) is 12.1. The second kappa shape index (κ2) is 8.04. The van der Waals surface area contributed by atoms with Crippen molar-refractivity contribution in [3.63, 3.8) is 0 Å². The van der Waals surface area contributed by atoms with Crippen LogP contribution in [0.2, 0.25) is 39.3 Å². The molecule has 4 rings (SSSR count). The van der Waals surface area contributed by atoms with Gasteiger partial charge in [-0.15, -0.1) is 0 Å². The SMILES string of the molecule is CC(O[Si](C)(C)C)[C@]1(O)CC[C@H]2[C@@H]3CC=C4C[C@@H](O[Si](C)(C)C)CC[C@]4(C)[C@H]3CC[C@@]21C. The van der Waals surface area contributed by atoms with Crippen molar-refractivity contribution >= 4 is 16.6 Å². The Bertz CT molecular complexity index is 753. The van der Waals surface area contributed by atoms with Crippen molar-refractivity contribution in [2.24, 2.45) is 28.6 Å².